The third-order valence-corrected chi connectivity index (χ3v) is 2.88. The maximum absolute atomic E-state index is 6.25. The zero-order chi connectivity index (χ0) is 12.3. The van der Waals surface area contributed by atoms with Gasteiger partial charge in [0, 0.05) is 12.7 Å². The first-order valence-electron chi connectivity index (χ1n) is 5.68. The van der Waals surface area contributed by atoms with Gasteiger partial charge in [0.15, 0.2) is 0 Å². The lowest BCUT2D eigenvalue weighted by atomic mass is 9.99. The van der Waals surface area contributed by atoms with E-state index in [0.29, 0.717) is 0 Å². The molecule has 3 nitrogen and oxygen atoms in total. The highest BCUT2D eigenvalue weighted by Crippen LogP contribution is 2.22. The molecule has 88 valence electrons. The normalized spacial score (nSPS) is 12.2. The quantitative estimate of drug-likeness (QED) is 0.847. The number of pyridine rings is 1. The second kappa shape index (κ2) is 4.97. The molecule has 0 aliphatic heterocycles. The number of rotatable bonds is 3. The highest BCUT2D eigenvalue weighted by molar-refractivity contribution is 5.41. The molecule has 1 aromatic heterocycles. The Morgan fingerprint density at radius 2 is 1.82 bits per heavy atom. The van der Waals surface area contributed by atoms with Crippen molar-refractivity contribution >= 4 is 5.82 Å². The molecule has 0 aliphatic carbocycles. The fraction of sp³-hybridized carbons (Fsp3) is 0.214. The predicted octanol–water partition coefficient (Wildman–Crippen LogP) is 2.48. The van der Waals surface area contributed by atoms with E-state index < -0.39 is 0 Å². The van der Waals surface area contributed by atoms with Gasteiger partial charge in [-0.25, -0.2) is 4.98 Å². The Balaban J connectivity index is 2.34. The highest BCUT2D eigenvalue weighted by Gasteiger charge is 2.11. The van der Waals surface area contributed by atoms with Crippen LogP contribution in [0.15, 0.2) is 42.5 Å². The van der Waals surface area contributed by atoms with Crippen LogP contribution in [0.1, 0.15) is 22.9 Å². The Morgan fingerprint density at radius 3 is 2.41 bits per heavy atom. The SMILES string of the molecule is CNc1ccc(C(N)c2ccccc2)c(C)n1. The topological polar surface area (TPSA) is 50.9 Å². The summed E-state index contributed by atoms with van der Waals surface area (Å²) in [4.78, 5) is 4.45. The number of benzene rings is 1. The van der Waals surface area contributed by atoms with E-state index in [0.717, 1.165) is 22.6 Å². The maximum Gasteiger partial charge on any atom is 0.125 e. The second-order valence-corrected chi connectivity index (χ2v) is 4.01. The lowest BCUT2D eigenvalue weighted by Crippen LogP contribution is -2.14. The van der Waals surface area contributed by atoms with Gasteiger partial charge in [0.1, 0.15) is 5.82 Å². The standard InChI is InChI=1S/C14H17N3/c1-10-12(8-9-13(16-2)17-10)14(15)11-6-4-3-5-7-11/h3-9,14H,15H2,1-2H3,(H,16,17). The van der Waals surface area contributed by atoms with E-state index >= 15 is 0 Å². The van der Waals surface area contributed by atoms with Crippen LogP contribution in [0.25, 0.3) is 0 Å². The lowest BCUT2D eigenvalue weighted by molar-refractivity contribution is 0.849. The Bertz CT molecular complexity index is 494. The third kappa shape index (κ3) is 2.45. The first-order valence-corrected chi connectivity index (χ1v) is 5.68. The highest BCUT2D eigenvalue weighted by atomic mass is 15.0. The summed E-state index contributed by atoms with van der Waals surface area (Å²) >= 11 is 0. The van der Waals surface area contributed by atoms with Crippen molar-refractivity contribution in [1.82, 2.24) is 4.98 Å². The molecule has 1 heterocycles. The molecule has 0 fully saturated rings. The number of aryl methyl sites for hydroxylation is 1. The molecule has 0 saturated carbocycles. The van der Waals surface area contributed by atoms with Crippen LogP contribution in [0.5, 0.6) is 0 Å². The van der Waals surface area contributed by atoms with E-state index in [1.54, 1.807) is 0 Å². The van der Waals surface area contributed by atoms with Gasteiger partial charge < -0.3 is 11.1 Å². The fourth-order valence-corrected chi connectivity index (χ4v) is 1.88. The molecule has 17 heavy (non-hydrogen) atoms. The van der Waals surface area contributed by atoms with Gasteiger partial charge in [0.05, 0.1) is 6.04 Å². The molecular formula is C14H17N3. The summed E-state index contributed by atoms with van der Waals surface area (Å²) in [7, 11) is 1.86. The number of aromatic nitrogens is 1. The number of anilines is 1. The van der Waals surface area contributed by atoms with Crippen LogP contribution in [-0.4, -0.2) is 12.0 Å². The van der Waals surface area contributed by atoms with Gasteiger partial charge in [-0.05, 0) is 24.1 Å². The van der Waals surface area contributed by atoms with Crippen LogP contribution < -0.4 is 11.1 Å². The molecule has 0 spiro atoms. The van der Waals surface area contributed by atoms with Crippen molar-refractivity contribution in [2.24, 2.45) is 5.73 Å². The van der Waals surface area contributed by atoms with Gasteiger partial charge in [0.2, 0.25) is 0 Å². The second-order valence-electron chi connectivity index (χ2n) is 4.01. The summed E-state index contributed by atoms with van der Waals surface area (Å²) in [6, 6.07) is 13.9. The Morgan fingerprint density at radius 1 is 1.12 bits per heavy atom. The lowest BCUT2D eigenvalue weighted by Gasteiger charge is -2.15. The molecule has 1 unspecified atom stereocenters. The van der Waals surface area contributed by atoms with E-state index in [1.807, 2.05) is 56.4 Å². The minimum atomic E-state index is -0.116. The molecule has 1 atom stereocenters. The maximum atomic E-state index is 6.25. The molecule has 3 N–H and O–H groups in total. The summed E-state index contributed by atoms with van der Waals surface area (Å²) in [5.74, 6) is 0.867. The number of nitrogens with zero attached hydrogens (tertiary/aromatic N) is 1. The minimum absolute atomic E-state index is 0.116. The van der Waals surface area contributed by atoms with Crippen molar-refractivity contribution in [3.05, 3.63) is 59.3 Å². The molecule has 0 bridgehead atoms. The Hall–Kier alpha value is -1.87. The van der Waals surface area contributed by atoms with Gasteiger partial charge in [-0.15, -0.1) is 0 Å². The van der Waals surface area contributed by atoms with Crippen LogP contribution >= 0.6 is 0 Å². The van der Waals surface area contributed by atoms with Gasteiger partial charge in [-0.2, -0.15) is 0 Å². The molecular weight excluding hydrogens is 210 g/mol. The number of hydrogen-bond donors (Lipinski definition) is 2. The average molecular weight is 227 g/mol. The van der Waals surface area contributed by atoms with Crippen LogP contribution in [-0.2, 0) is 0 Å². The molecule has 0 aliphatic rings. The predicted molar refractivity (Wildman–Crippen MR) is 71.0 cm³/mol. The van der Waals surface area contributed by atoms with Crippen LogP contribution in [0.3, 0.4) is 0 Å². The Labute approximate surface area is 102 Å². The van der Waals surface area contributed by atoms with E-state index in [9.17, 15) is 0 Å². The molecule has 0 saturated heterocycles. The summed E-state index contributed by atoms with van der Waals surface area (Å²) < 4.78 is 0. The van der Waals surface area contributed by atoms with Crippen LogP contribution in [0.4, 0.5) is 5.82 Å². The first kappa shape index (κ1) is 11.6. The van der Waals surface area contributed by atoms with Crippen molar-refractivity contribution in [3.63, 3.8) is 0 Å². The minimum Gasteiger partial charge on any atom is -0.373 e. The smallest absolute Gasteiger partial charge is 0.125 e. The van der Waals surface area contributed by atoms with Crippen molar-refractivity contribution in [2.45, 2.75) is 13.0 Å². The van der Waals surface area contributed by atoms with E-state index in [4.69, 9.17) is 5.73 Å². The van der Waals surface area contributed by atoms with Gasteiger partial charge >= 0.3 is 0 Å². The molecule has 1 aromatic carbocycles. The van der Waals surface area contributed by atoms with Gasteiger partial charge in [0.25, 0.3) is 0 Å². The molecule has 3 heteroatoms. The molecule has 0 radical (unpaired) electrons. The van der Waals surface area contributed by atoms with E-state index in [1.165, 1.54) is 0 Å². The largest absolute Gasteiger partial charge is 0.373 e. The van der Waals surface area contributed by atoms with Crippen molar-refractivity contribution in [3.8, 4) is 0 Å². The van der Waals surface area contributed by atoms with Crippen molar-refractivity contribution < 1.29 is 0 Å². The third-order valence-electron chi connectivity index (χ3n) is 2.88. The zero-order valence-electron chi connectivity index (χ0n) is 10.1. The van der Waals surface area contributed by atoms with E-state index in [-0.39, 0.29) is 6.04 Å². The number of hydrogen-bond acceptors (Lipinski definition) is 3. The summed E-state index contributed by atoms with van der Waals surface area (Å²) in [5.41, 5.74) is 9.39. The van der Waals surface area contributed by atoms with Gasteiger partial charge in [-0.1, -0.05) is 36.4 Å². The number of nitrogens with two attached hydrogens (primary N) is 1. The summed E-state index contributed by atoms with van der Waals surface area (Å²) in [6.45, 7) is 1.99. The van der Waals surface area contributed by atoms with E-state index in [2.05, 4.69) is 10.3 Å². The van der Waals surface area contributed by atoms with Crippen molar-refractivity contribution in [2.75, 3.05) is 12.4 Å². The number of nitrogens with one attached hydrogen (secondary N) is 1. The zero-order valence-corrected chi connectivity index (χ0v) is 10.1. The monoisotopic (exact) mass is 227 g/mol. The van der Waals surface area contributed by atoms with Crippen molar-refractivity contribution in [1.29, 1.82) is 0 Å². The molecule has 2 aromatic rings. The summed E-state index contributed by atoms with van der Waals surface area (Å²) in [6.07, 6.45) is 0. The van der Waals surface area contributed by atoms with Crippen LogP contribution in [0, 0.1) is 6.92 Å². The molecule has 0 amide bonds. The summed E-state index contributed by atoms with van der Waals surface area (Å²) in [5, 5.41) is 3.02. The average Bonchev–Trinajstić information content (AvgIpc) is 2.39. The first-order chi connectivity index (χ1) is 8.22. The van der Waals surface area contributed by atoms with Gasteiger partial charge in [-0.3, -0.25) is 0 Å². The van der Waals surface area contributed by atoms with Crippen LogP contribution in [0.2, 0.25) is 0 Å². The Kier molecular flexibility index (Phi) is 3.40. The fourth-order valence-electron chi connectivity index (χ4n) is 1.88. The molecule has 2 rings (SSSR count).